The molecule has 0 aliphatic carbocycles. The van der Waals surface area contributed by atoms with Crippen molar-refractivity contribution in [3.05, 3.63) is 35.9 Å². The Morgan fingerprint density at radius 2 is 2.19 bits per heavy atom. The molecular weight excluding hydrogens is 202 g/mol. The molecule has 0 spiro atoms. The first kappa shape index (κ1) is 11.6. The van der Waals surface area contributed by atoms with Crippen LogP contribution in [0.5, 0.6) is 0 Å². The third kappa shape index (κ3) is 2.82. The van der Waals surface area contributed by atoms with Gasteiger partial charge in [-0.15, -0.1) is 0 Å². The molecule has 16 heavy (non-hydrogen) atoms. The Labute approximate surface area is 96.6 Å². The van der Waals surface area contributed by atoms with Gasteiger partial charge in [-0.25, -0.2) is 0 Å². The summed E-state index contributed by atoms with van der Waals surface area (Å²) in [6.07, 6.45) is -0.344. The van der Waals surface area contributed by atoms with Crippen molar-refractivity contribution in [3.63, 3.8) is 0 Å². The number of hydrogen-bond donors (Lipinski definition) is 1. The van der Waals surface area contributed by atoms with Gasteiger partial charge in [-0.2, -0.15) is 0 Å². The molecule has 88 valence electrons. The zero-order valence-corrected chi connectivity index (χ0v) is 9.67. The van der Waals surface area contributed by atoms with Crippen molar-refractivity contribution < 1.29 is 9.84 Å². The smallest absolute Gasteiger partial charge is 0.0689 e. The number of rotatable bonds is 3. The van der Waals surface area contributed by atoms with Crippen molar-refractivity contribution in [2.24, 2.45) is 0 Å². The normalized spacial score (nSPS) is 24.2. The first-order valence-corrected chi connectivity index (χ1v) is 5.81. The van der Waals surface area contributed by atoms with Crippen LogP contribution in [-0.4, -0.2) is 41.9 Å². The molecule has 2 atom stereocenters. The van der Waals surface area contributed by atoms with Crippen LogP contribution in [0.2, 0.25) is 0 Å². The van der Waals surface area contributed by atoms with E-state index in [1.54, 1.807) is 0 Å². The standard InChI is InChI=1S/C13H19NO2/c1-11(15)13-10-16-8-7-14(13)9-12-5-3-2-4-6-12/h2-6,11,13,15H,7-10H2,1H3/t11-,13-/m0/s1. The summed E-state index contributed by atoms with van der Waals surface area (Å²) in [7, 11) is 0. The second kappa shape index (κ2) is 5.43. The third-order valence-corrected chi connectivity index (χ3v) is 3.07. The predicted molar refractivity (Wildman–Crippen MR) is 63.1 cm³/mol. The highest BCUT2D eigenvalue weighted by Crippen LogP contribution is 2.14. The summed E-state index contributed by atoms with van der Waals surface area (Å²) in [5.74, 6) is 0. The van der Waals surface area contributed by atoms with Crippen molar-refractivity contribution in [3.8, 4) is 0 Å². The van der Waals surface area contributed by atoms with Crippen molar-refractivity contribution >= 4 is 0 Å². The lowest BCUT2D eigenvalue weighted by Crippen LogP contribution is -2.50. The summed E-state index contributed by atoms with van der Waals surface area (Å²) in [5, 5.41) is 9.70. The Hall–Kier alpha value is -0.900. The van der Waals surface area contributed by atoms with Crippen LogP contribution in [-0.2, 0) is 11.3 Å². The van der Waals surface area contributed by atoms with Crippen molar-refractivity contribution in [1.29, 1.82) is 0 Å². The molecule has 0 aromatic heterocycles. The van der Waals surface area contributed by atoms with Gasteiger partial charge in [-0.05, 0) is 12.5 Å². The minimum absolute atomic E-state index is 0.119. The zero-order valence-electron chi connectivity index (χ0n) is 9.67. The summed E-state index contributed by atoms with van der Waals surface area (Å²) < 4.78 is 5.41. The fourth-order valence-corrected chi connectivity index (χ4v) is 2.12. The first-order valence-electron chi connectivity index (χ1n) is 5.81. The van der Waals surface area contributed by atoms with Crippen LogP contribution in [0.25, 0.3) is 0 Å². The molecule has 1 aliphatic rings. The lowest BCUT2D eigenvalue weighted by atomic mass is 10.1. The quantitative estimate of drug-likeness (QED) is 0.834. The lowest BCUT2D eigenvalue weighted by molar-refractivity contribution is -0.0567. The Morgan fingerprint density at radius 1 is 1.44 bits per heavy atom. The molecule has 1 saturated heterocycles. The number of aliphatic hydroxyl groups is 1. The number of aliphatic hydroxyl groups excluding tert-OH is 1. The Kier molecular flexibility index (Phi) is 3.93. The van der Waals surface area contributed by atoms with Gasteiger partial charge in [0.15, 0.2) is 0 Å². The van der Waals surface area contributed by atoms with Crippen LogP contribution >= 0.6 is 0 Å². The van der Waals surface area contributed by atoms with Crippen LogP contribution in [0.3, 0.4) is 0 Å². The van der Waals surface area contributed by atoms with Gasteiger partial charge in [0.05, 0.1) is 25.4 Å². The van der Waals surface area contributed by atoms with E-state index in [1.807, 2.05) is 25.1 Å². The molecule has 1 aliphatic heterocycles. The van der Waals surface area contributed by atoms with Gasteiger partial charge in [-0.1, -0.05) is 30.3 Å². The molecule has 3 nitrogen and oxygen atoms in total. The fraction of sp³-hybridized carbons (Fsp3) is 0.538. The average molecular weight is 221 g/mol. The van der Waals surface area contributed by atoms with Crippen LogP contribution in [0.1, 0.15) is 12.5 Å². The Balaban J connectivity index is 2.01. The maximum atomic E-state index is 9.70. The van der Waals surface area contributed by atoms with E-state index in [0.29, 0.717) is 6.61 Å². The van der Waals surface area contributed by atoms with E-state index in [1.165, 1.54) is 5.56 Å². The summed E-state index contributed by atoms with van der Waals surface area (Å²) >= 11 is 0. The highest BCUT2D eigenvalue weighted by Gasteiger charge is 2.26. The molecule has 1 aromatic rings. The van der Waals surface area contributed by atoms with Crippen molar-refractivity contribution in [1.82, 2.24) is 4.90 Å². The summed E-state index contributed by atoms with van der Waals surface area (Å²) in [6.45, 7) is 5.00. The number of ether oxygens (including phenoxy) is 1. The molecule has 1 heterocycles. The van der Waals surface area contributed by atoms with Gasteiger partial charge in [0.25, 0.3) is 0 Å². The zero-order chi connectivity index (χ0) is 11.4. The van der Waals surface area contributed by atoms with E-state index in [4.69, 9.17) is 4.74 Å². The minimum Gasteiger partial charge on any atom is -0.392 e. The Bertz CT molecular complexity index is 313. The highest BCUT2D eigenvalue weighted by atomic mass is 16.5. The van der Waals surface area contributed by atoms with E-state index >= 15 is 0 Å². The summed E-state index contributed by atoms with van der Waals surface area (Å²) in [4.78, 5) is 2.30. The van der Waals surface area contributed by atoms with E-state index in [2.05, 4.69) is 17.0 Å². The van der Waals surface area contributed by atoms with Crippen molar-refractivity contribution in [2.75, 3.05) is 19.8 Å². The average Bonchev–Trinajstić information content (AvgIpc) is 2.31. The molecule has 0 bridgehead atoms. The largest absolute Gasteiger partial charge is 0.392 e. The number of morpholine rings is 1. The highest BCUT2D eigenvalue weighted by molar-refractivity contribution is 5.14. The summed E-state index contributed by atoms with van der Waals surface area (Å²) in [5.41, 5.74) is 1.29. The maximum Gasteiger partial charge on any atom is 0.0689 e. The lowest BCUT2D eigenvalue weighted by Gasteiger charge is -2.37. The Morgan fingerprint density at radius 3 is 2.88 bits per heavy atom. The first-order chi connectivity index (χ1) is 7.77. The SMILES string of the molecule is C[C@H](O)[C@@H]1COCCN1Cc1ccccc1. The second-order valence-corrected chi connectivity index (χ2v) is 4.34. The number of hydrogen-bond acceptors (Lipinski definition) is 3. The van der Waals surface area contributed by atoms with E-state index in [9.17, 15) is 5.11 Å². The van der Waals surface area contributed by atoms with E-state index in [-0.39, 0.29) is 12.1 Å². The topological polar surface area (TPSA) is 32.7 Å². The van der Waals surface area contributed by atoms with Gasteiger partial charge >= 0.3 is 0 Å². The molecule has 0 radical (unpaired) electrons. The van der Waals surface area contributed by atoms with E-state index < -0.39 is 0 Å². The fourth-order valence-electron chi connectivity index (χ4n) is 2.12. The monoisotopic (exact) mass is 221 g/mol. The van der Waals surface area contributed by atoms with Crippen LogP contribution in [0.4, 0.5) is 0 Å². The van der Waals surface area contributed by atoms with Gasteiger partial charge in [0, 0.05) is 13.1 Å². The van der Waals surface area contributed by atoms with Gasteiger partial charge in [-0.3, -0.25) is 4.90 Å². The molecule has 1 aromatic carbocycles. The molecule has 1 N–H and O–H groups in total. The molecule has 2 rings (SSSR count). The van der Waals surface area contributed by atoms with Crippen LogP contribution in [0, 0.1) is 0 Å². The molecule has 1 fully saturated rings. The number of benzene rings is 1. The molecule has 0 saturated carbocycles. The van der Waals surface area contributed by atoms with Gasteiger partial charge in [0.2, 0.25) is 0 Å². The van der Waals surface area contributed by atoms with Crippen LogP contribution in [0.15, 0.2) is 30.3 Å². The molecular formula is C13H19NO2. The molecule has 0 unspecified atom stereocenters. The van der Waals surface area contributed by atoms with Crippen molar-refractivity contribution in [2.45, 2.75) is 25.6 Å². The summed E-state index contributed by atoms with van der Waals surface area (Å²) in [6, 6.07) is 10.5. The molecule has 0 amide bonds. The van der Waals surface area contributed by atoms with E-state index in [0.717, 1.165) is 19.7 Å². The maximum absolute atomic E-state index is 9.70. The minimum atomic E-state index is -0.344. The van der Waals surface area contributed by atoms with Crippen LogP contribution < -0.4 is 0 Å². The van der Waals surface area contributed by atoms with Gasteiger partial charge in [0.1, 0.15) is 0 Å². The second-order valence-electron chi connectivity index (χ2n) is 4.34. The molecule has 3 heteroatoms. The van der Waals surface area contributed by atoms with Gasteiger partial charge < -0.3 is 9.84 Å². The number of nitrogens with zero attached hydrogens (tertiary/aromatic N) is 1. The predicted octanol–water partition coefficient (Wildman–Crippen LogP) is 1.27. The third-order valence-electron chi connectivity index (χ3n) is 3.07.